The summed E-state index contributed by atoms with van der Waals surface area (Å²) in [5.74, 6) is 0. The van der Waals surface area contributed by atoms with Gasteiger partial charge in [0.1, 0.15) is 0 Å². The molecule has 3 rings (SSSR count). The second kappa shape index (κ2) is 0.558. The van der Waals surface area contributed by atoms with Crippen LogP contribution in [-0.4, -0.2) is 10.5 Å². The molecule has 3 aliphatic rings. The van der Waals surface area contributed by atoms with Crippen molar-refractivity contribution in [3.63, 3.8) is 0 Å². The highest BCUT2D eigenvalue weighted by Crippen LogP contribution is 2.53. The first-order valence-electron chi connectivity index (χ1n) is 2.10. The molecule has 2 heterocycles. The fourth-order valence-electron chi connectivity index (χ4n) is 0.767. The van der Waals surface area contributed by atoms with Gasteiger partial charge in [0.25, 0.3) is 0 Å². The van der Waals surface area contributed by atoms with Crippen LogP contribution in [0, 0.1) is 0 Å². The molecule has 2 aliphatic heterocycles. The van der Waals surface area contributed by atoms with Crippen LogP contribution in [0.5, 0.6) is 0 Å². The highest BCUT2D eigenvalue weighted by molar-refractivity contribution is 8.03. The predicted molar refractivity (Wildman–Crippen MR) is 24.4 cm³/mol. The molecule has 0 nitrogen and oxygen atoms in total. The average molecular weight is 86.2 g/mol. The quantitative estimate of drug-likeness (QED) is 0.427. The minimum atomic E-state index is 1.12. The van der Waals surface area contributed by atoms with Crippen LogP contribution in [0.2, 0.25) is 0 Å². The summed E-state index contributed by atoms with van der Waals surface area (Å²) in [5.41, 5.74) is 0. The van der Waals surface area contributed by atoms with Crippen LogP contribution in [0.4, 0.5) is 0 Å². The molecule has 0 amide bonds. The smallest absolute Gasteiger partial charge is 0.00709 e. The summed E-state index contributed by atoms with van der Waals surface area (Å²) in [4.78, 5) is 0. The monoisotopic (exact) mass is 86.0 g/mol. The van der Waals surface area contributed by atoms with Crippen LogP contribution in [-0.2, 0) is 0 Å². The van der Waals surface area contributed by atoms with Crippen molar-refractivity contribution >= 4 is 11.8 Å². The van der Waals surface area contributed by atoms with Gasteiger partial charge in [0, 0.05) is 10.5 Å². The standard InChI is InChI=1S/C4H6S/c1-3-2-4(1)5-3/h3-4H,1-2H2. The molecule has 2 bridgehead atoms. The highest BCUT2D eigenvalue weighted by Gasteiger charge is 2.42. The van der Waals surface area contributed by atoms with E-state index in [0.29, 0.717) is 0 Å². The first-order valence-corrected chi connectivity index (χ1v) is 3.05. The van der Waals surface area contributed by atoms with Crippen molar-refractivity contribution in [2.45, 2.75) is 23.3 Å². The van der Waals surface area contributed by atoms with Crippen molar-refractivity contribution in [3.8, 4) is 0 Å². The van der Waals surface area contributed by atoms with E-state index in [4.69, 9.17) is 0 Å². The van der Waals surface area contributed by atoms with E-state index in [9.17, 15) is 0 Å². The van der Waals surface area contributed by atoms with Crippen molar-refractivity contribution < 1.29 is 0 Å². The molecule has 0 unspecified atom stereocenters. The predicted octanol–water partition coefficient (Wildman–Crippen LogP) is 1.26. The minimum Gasteiger partial charge on any atom is -0.155 e. The molecule has 0 spiro atoms. The lowest BCUT2D eigenvalue weighted by Gasteiger charge is -2.48. The van der Waals surface area contributed by atoms with E-state index in [1.165, 1.54) is 0 Å². The Bertz CT molecular complexity index is 40.4. The minimum absolute atomic E-state index is 1.12. The van der Waals surface area contributed by atoms with Gasteiger partial charge < -0.3 is 0 Å². The number of hydrogen-bond acceptors (Lipinski definition) is 1. The van der Waals surface area contributed by atoms with Crippen molar-refractivity contribution in [2.24, 2.45) is 0 Å². The maximum atomic E-state index is 2.16. The third-order valence-corrected chi connectivity index (χ3v) is 2.98. The van der Waals surface area contributed by atoms with Gasteiger partial charge in [0.05, 0.1) is 0 Å². The Hall–Kier alpha value is 0.350. The second-order valence-electron chi connectivity index (χ2n) is 1.85. The fourth-order valence-corrected chi connectivity index (χ4v) is 1.97. The Balaban J connectivity index is 2.19. The van der Waals surface area contributed by atoms with E-state index in [1.807, 2.05) is 0 Å². The zero-order chi connectivity index (χ0) is 3.28. The van der Waals surface area contributed by atoms with Crippen molar-refractivity contribution in [1.29, 1.82) is 0 Å². The SMILES string of the molecule is C1C2CC1S2. The summed E-state index contributed by atoms with van der Waals surface area (Å²) >= 11 is 2.16. The van der Waals surface area contributed by atoms with Crippen LogP contribution >= 0.6 is 11.8 Å². The first-order chi connectivity index (χ1) is 2.45. The lowest BCUT2D eigenvalue weighted by Crippen LogP contribution is -2.42. The Morgan fingerprint density at radius 1 is 1.20 bits per heavy atom. The van der Waals surface area contributed by atoms with Gasteiger partial charge in [-0.3, -0.25) is 0 Å². The topological polar surface area (TPSA) is 0 Å². The molecule has 0 aromatic rings. The molecule has 28 valence electrons. The third kappa shape index (κ3) is 0.158. The van der Waals surface area contributed by atoms with Gasteiger partial charge >= 0.3 is 0 Å². The third-order valence-electron chi connectivity index (χ3n) is 1.44. The van der Waals surface area contributed by atoms with Gasteiger partial charge in [-0.25, -0.2) is 0 Å². The lowest BCUT2D eigenvalue weighted by molar-refractivity contribution is 0.478. The lowest BCUT2D eigenvalue weighted by atomic mass is 9.97. The Labute approximate surface area is 35.9 Å². The molecule has 0 radical (unpaired) electrons. The highest BCUT2D eigenvalue weighted by atomic mass is 32.2. The summed E-state index contributed by atoms with van der Waals surface area (Å²) in [5, 5.41) is 2.25. The number of hydrogen-bond donors (Lipinski definition) is 0. The molecular formula is C4H6S. The first kappa shape index (κ1) is 2.51. The molecular weight excluding hydrogens is 80.1 g/mol. The maximum Gasteiger partial charge on any atom is 0.00709 e. The van der Waals surface area contributed by atoms with Crippen LogP contribution < -0.4 is 0 Å². The number of rotatable bonds is 0. The average Bonchev–Trinajstić information content (AvgIpc) is 0.592. The Morgan fingerprint density at radius 3 is 1.40 bits per heavy atom. The molecule has 3 fully saturated rings. The van der Waals surface area contributed by atoms with Gasteiger partial charge in [-0.1, -0.05) is 0 Å². The molecule has 0 aromatic carbocycles. The van der Waals surface area contributed by atoms with E-state index >= 15 is 0 Å². The van der Waals surface area contributed by atoms with Crippen LogP contribution in [0.3, 0.4) is 0 Å². The van der Waals surface area contributed by atoms with E-state index in [0.717, 1.165) is 10.5 Å². The van der Waals surface area contributed by atoms with Gasteiger partial charge in [-0.2, -0.15) is 11.8 Å². The molecule has 2 saturated heterocycles. The molecule has 0 atom stereocenters. The zero-order valence-corrected chi connectivity index (χ0v) is 3.79. The van der Waals surface area contributed by atoms with E-state index in [-0.39, 0.29) is 0 Å². The summed E-state index contributed by atoms with van der Waals surface area (Å²) in [7, 11) is 0. The Morgan fingerprint density at radius 2 is 1.40 bits per heavy atom. The zero-order valence-electron chi connectivity index (χ0n) is 2.98. The van der Waals surface area contributed by atoms with Gasteiger partial charge in [0.15, 0.2) is 0 Å². The second-order valence-corrected chi connectivity index (χ2v) is 3.46. The van der Waals surface area contributed by atoms with Gasteiger partial charge in [-0.05, 0) is 12.8 Å². The van der Waals surface area contributed by atoms with E-state index in [2.05, 4.69) is 11.8 Å². The number of thioether (sulfide) groups is 1. The van der Waals surface area contributed by atoms with Gasteiger partial charge in [0.2, 0.25) is 0 Å². The largest absolute Gasteiger partial charge is 0.155 e. The van der Waals surface area contributed by atoms with Crippen molar-refractivity contribution in [2.75, 3.05) is 0 Å². The molecule has 5 heavy (non-hydrogen) atoms. The fraction of sp³-hybridized carbons (Fsp3) is 1.00. The summed E-state index contributed by atoms with van der Waals surface area (Å²) < 4.78 is 0. The van der Waals surface area contributed by atoms with Crippen LogP contribution in [0.25, 0.3) is 0 Å². The summed E-state index contributed by atoms with van der Waals surface area (Å²) in [6.07, 6.45) is 3.09. The summed E-state index contributed by atoms with van der Waals surface area (Å²) in [6, 6.07) is 0. The van der Waals surface area contributed by atoms with Crippen molar-refractivity contribution in [3.05, 3.63) is 0 Å². The maximum absolute atomic E-state index is 2.16. The Kier molecular flexibility index (Phi) is 0.280. The van der Waals surface area contributed by atoms with E-state index < -0.39 is 0 Å². The normalized spacial score (nSPS) is 57.6. The molecule has 0 N–H and O–H groups in total. The molecule has 1 saturated carbocycles. The van der Waals surface area contributed by atoms with Crippen LogP contribution in [0.15, 0.2) is 0 Å². The molecule has 0 aromatic heterocycles. The molecule has 1 aliphatic carbocycles. The van der Waals surface area contributed by atoms with Crippen molar-refractivity contribution in [1.82, 2.24) is 0 Å². The molecule has 1 heteroatoms. The van der Waals surface area contributed by atoms with Crippen LogP contribution in [0.1, 0.15) is 12.8 Å². The summed E-state index contributed by atoms with van der Waals surface area (Å²) in [6.45, 7) is 0. The van der Waals surface area contributed by atoms with Gasteiger partial charge in [-0.15, -0.1) is 0 Å². The van der Waals surface area contributed by atoms with E-state index in [1.54, 1.807) is 12.8 Å².